The van der Waals surface area contributed by atoms with Crippen LogP contribution in [0.1, 0.15) is 39.2 Å². The third-order valence-corrected chi connectivity index (χ3v) is 3.93. The summed E-state index contributed by atoms with van der Waals surface area (Å²) in [6.45, 7) is 3.16. The molecule has 0 aliphatic heterocycles. The highest BCUT2D eigenvalue weighted by atomic mass is 16.2. The van der Waals surface area contributed by atoms with E-state index in [9.17, 15) is 14.9 Å². The van der Waals surface area contributed by atoms with Gasteiger partial charge in [-0.1, -0.05) is 12.1 Å². The third kappa shape index (κ3) is 4.37. The molecule has 0 saturated carbocycles. The van der Waals surface area contributed by atoms with Gasteiger partial charge in [0.2, 0.25) is 0 Å². The van der Waals surface area contributed by atoms with Crippen molar-refractivity contribution in [2.24, 2.45) is 0 Å². The summed E-state index contributed by atoms with van der Waals surface area (Å²) in [5, 5.41) is 15.0. The van der Waals surface area contributed by atoms with Crippen LogP contribution in [0.25, 0.3) is 0 Å². The Morgan fingerprint density at radius 2 is 1.75 bits per heavy atom. The van der Waals surface area contributed by atoms with Crippen LogP contribution in [0, 0.1) is 18.3 Å². The number of carbonyl (C=O) groups excluding carboxylic acids is 2. The largest absolute Gasteiger partial charge is 0.339 e. The molecule has 2 aromatic carbocycles. The maximum absolute atomic E-state index is 12.6. The van der Waals surface area contributed by atoms with E-state index >= 15 is 0 Å². The second kappa shape index (κ2) is 8.10. The Morgan fingerprint density at radius 1 is 1.04 bits per heavy atom. The maximum atomic E-state index is 12.6. The van der Waals surface area contributed by atoms with Crippen molar-refractivity contribution in [2.75, 3.05) is 10.6 Å². The number of aryl methyl sites for hydroxylation is 1. The molecule has 28 heavy (non-hydrogen) atoms. The zero-order chi connectivity index (χ0) is 20.1. The van der Waals surface area contributed by atoms with Gasteiger partial charge in [-0.2, -0.15) is 5.26 Å². The Labute approximate surface area is 162 Å². The number of hydrogen-bond acceptors (Lipinski definition) is 6. The summed E-state index contributed by atoms with van der Waals surface area (Å²) in [7, 11) is 0. The third-order valence-electron chi connectivity index (χ3n) is 3.93. The minimum Gasteiger partial charge on any atom is -0.339 e. The zero-order valence-corrected chi connectivity index (χ0v) is 15.4. The van der Waals surface area contributed by atoms with Crippen LogP contribution in [-0.2, 0) is 0 Å². The van der Waals surface area contributed by atoms with Crippen molar-refractivity contribution < 1.29 is 9.59 Å². The van der Waals surface area contributed by atoms with Crippen molar-refractivity contribution in [3.8, 4) is 6.07 Å². The maximum Gasteiger partial charge on any atom is 0.274 e. The van der Waals surface area contributed by atoms with Gasteiger partial charge >= 0.3 is 0 Å². The summed E-state index contributed by atoms with van der Waals surface area (Å²) < 4.78 is 0. The topological polar surface area (TPSA) is 108 Å². The van der Waals surface area contributed by atoms with Crippen molar-refractivity contribution in [1.82, 2.24) is 9.97 Å². The van der Waals surface area contributed by atoms with E-state index in [4.69, 9.17) is 0 Å². The quantitative estimate of drug-likeness (QED) is 0.660. The fourth-order valence-corrected chi connectivity index (χ4v) is 2.56. The molecule has 3 rings (SSSR count). The molecule has 2 N–H and O–H groups in total. The second-order valence-electron chi connectivity index (χ2n) is 6.06. The highest BCUT2D eigenvalue weighted by Gasteiger charge is 2.12. The number of rotatable bonds is 5. The van der Waals surface area contributed by atoms with Crippen LogP contribution in [0.2, 0.25) is 0 Å². The molecule has 7 nitrogen and oxygen atoms in total. The van der Waals surface area contributed by atoms with E-state index < -0.39 is 5.91 Å². The molecule has 0 fully saturated rings. The second-order valence-corrected chi connectivity index (χ2v) is 6.06. The van der Waals surface area contributed by atoms with Crippen molar-refractivity contribution in [3.63, 3.8) is 0 Å². The van der Waals surface area contributed by atoms with E-state index in [-0.39, 0.29) is 11.5 Å². The first-order chi connectivity index (χ1) is 13.5. The summed E-state index contributed by atoms with van der Waals surface area (Å²) in [6.07, 6.45) is 0. The van der Waals surface area contributed by atoms with Gasteiger partial charge in [0.1, 0.15) is 23.4 Å². The first-order valence-corrected chi connectivity index (χ1v) is 8.50. The van der Waals surface area contributed by atoms with Gasteiger partial charge in [-0.3, -0.25) is 9.59 Å². The molecule has 0 saturated heterocycles. The van der Waals surface area contributed by atoms with Crippen molar-refractivity contribution >= 4 is 28.9 Å². The van der Waals surface area contributed by atoms with E-state index in [2.05, 4.69) is 26.7 Å². The fraction of sp³-hybridized carbons (Fsp3) is 0.0952. The van der Waals surface area contributed by atoms with Crippen molar-refractivity contribution in [2.45, 2.75) is 13.8 Å². The van der Waals surface area contributed by atoms with Crippen LogP contribution < -0.4 is 10.6 Å². The number of amides is 1. The molecule has 3 aromatic rings. The molecule has 0 aliphatic rings. The van der Waals surface area contributed by atoms with E-state index in [1.165, 1.54) is 13.0 Å². The molecule has 0 unspecified atom stereocenters. The van der Waals surface area contributed by atoms with Crippen LogP contribution in [-0.4, -0.2) is 21.7 Å². The number of carbonyl (C=O) groups is 2. The van der Waals surface area contributed by atoms with E-state index in [1.54, 1.807) is 55.5 Å². The van der Waals surface area contributed by atoms with E-state index in [0.717, 1.165) is 0 Å². The lowest BCUT2D eigenvalue weighted by molar-refractivity contribution is 0.101. The van der Waals surface area contributed by atoms with Gasteiger partial charge < -0.3 is 10.6 Å². The Morgan fingerprint density at radius 3 is 2.43 bits per heavy atom. The average Bonchev–Trinajstić information content (AvgIpc) is 2.68. The predicted octanol–water partition coefficient (Wildman–Crippen LogP) is 3.86. The number of aromatic nitrogens is 2. The SMILES string of the molecule is CC(=O)c1ccc(NC(=O)c2cc(Nc3ccccc3C#N)nc(C)n2)cc1. The van der Waals surface area contributed by atoms with Crippen molar-refractivity contribution in [1.29, 1.82) is 5.26 Å². The summed E-state index contributed by atoms with van der Waals surface area (Å²) >= 11 is 0. The van der Waals surface area contributed by atoms with Gasteiger partial charge in [0.25, 0.3) is 5.91 Å². The van der Waals surface area contributed by atoms with Gasteiger partial charge in [0.05, 0.1) is 11.3 Å². The number of Topliss-reactive ketones (excluding diaryl/α,β-unsaturated/α-hetero) is 1. The van der Waals surface area contributed by atoms with E-state index in [0.29, 0.717) is 34.1 Å². The fourth-order valence-electron chi connectivity index (χ4n) is 2.56. The molecular weight excluding hydrogens is 354 g/mol. The first kappa shape index (κ1) is 18.7. The van der Waals surface area contributed by atoms with Crippen LogP contribution in [0.15, 0.2) is 54.6 Å². The molecule has 0 radical (unpaired) electrons. The van der Waals surface area contributed by atoms with Gasteiger partial charge in [0, 0.05) is 17.3 Å². The normalized spacial score (nSPS) is 10.0. The standard InChI is InChI=1S/C21H17N5O2/c1-13(27)15-7-9-17(10-8-15)25-21(28)19-11-20(24-14(2)23-19)26-18-6-4-3-5-16(18)12-22/h3-11H,1-2H3,(H,25,28)(H,23,24,26). The molecular formula is C21H17N5O2. The van der Waals surface area contributed by atoms with Crippen LogP contribution in [0.4, 0.5) is 17.2 Å². The highest BCUT2D eigenvalue weighted by Crippen LogP contribution is 2.20. The molecule has 0 atom stereocenters. The molecule has 0 spiro atoms. The lowest BCUT2D eigenvalue weighted by atomic mass is 10.1. The number of nitrogens with zero attached hydrogens (tertiary/aromatic N) is 3. The number of hydrogen-bond donors (Lipinski definition) is 2. The number of benzene rings is 2. The monoisotopic (exact) mass is 371 g/mol. The number of para-hydroxylation sites is 1. The number of nitriles is 1. The minimum atomic E-state index is -0.405. The number of ketones is 1. The first-order valence-electron chi connectivity index (χ1n) is 8.50. The Kier molecular flexibility index (Phi) is 5.42. The summed E-state index contributed by atoms with van der Waals surface area (Å²) in [5.41, 5.74) is 2.36. The minimum absolute atomic E-state index is 0.0438. The van der Waals surface area contributed by atoms with Crippen LogP contribution in [0.3, 0.4) is 0 Å². The Balaban J connectivity index is 1.81. The molecule has 0 bridgehead atoms. The number of anilines is 3. The molecule has 1 aromatic heterocycles. The molecule has 1 heterocycles. The lowest BCUT2D eigenvalue weighted by Crippen LogP contribution is -2.15. The Hall–Kier alpha value is -4.05. The molecule has 0 aliphatic carbocycles. The summed E-state index contributed by atoms with van der Waals surface area (Å²) in [5.74, 6) is 0.374. The molecule has 138 valence electrons. The predicted molar refractivity (Wildman–Crippen MR) is 106 cm³/mol. The van der Waals surface area contributed by atoms with Crippen molar-refractivity contribution in [3.05, 3.63) is 77.2 Å². The average molecular weight is 371 g/mol. The zero-order valence-electron chi connectivity index (χ0n) is 15.4. The van der Waals surface area contributed by atoms with E-state index in [1.807, 2.05) is 0 Å². The van der Waals surface area contributed by atoms with Gasteiger partial charge in [-0.25, -0.2) is 9.97 Å². The Bertz CT molecular complexity index is 1080. The molecule has 7 heteroatoms. The number of nitrogens with one attached hydrogen (secondary N) is 2. The summed E-state index contributed by atoms with van der Waals surface area (Å²) in [4.78, 5) is 32.4. The van der Waals surface area contributed by atoms with Gasteiger partial charge in [-0.15, -0.1) is 0 Å². The van der Waals surface area contributed by atoms with Crippen LogP contribution in [0.5, 0.6) is 0 Å². The summed E-state index contributed by atoms with van der Waals surface area (Å²) in [6, 6.07) is 17.2. The smallest absolute Gasteiger partial charge is 0.274 e. The van der Waals surface area contributed by atoms with Gasteiger partial charge in [0.15, 0.2) is 5.78 Å². The van der Waals surface area contributed by atoms with Gasteiger partial charge in [-0.05, 0) is 50.2 Å². The molecule has 1 amide bonds. The highest BCUT2D eigenvalue weighted by molar-refractivity contribution is 6.03. The lowest BCUT2D eigenvalue weighted by Gasteiger charge is -2.10. The van der Waals surface area contributed by atoms with Crippen LogP contribution >= 0.6 is 0 Å².